The number of thioether (sulfide) groups is 1. The van der Waals surface area contributed by atoms with Crippen LogP contribution in [0, 0.1) is 0 Å². The third kappa shape index (κ3) is 4.19. The number of ketones is 1. The first-order chi connectivity index (χ1) is 10.1. The van der Waals surface area contributed by atoms with Gasteiger partial charge in [-0.05, 0) is 6.92 Å². The van der Waals surface area contributed by atoms with Gasteiger partial charge in [-0.15, -0.1) is 0 Å². The molecule has 0 spiro atoms. The van der Waals surface area contributed by atoms with Gasteiger partial charge >= 0.3 is 5.97 Å². The van der Waals surface area contributed by atoms with Gasteiger partial charge in [-0.1, -0.05) is 42.1 Å². The predicted molar refractivity (Wildman–Crippen MR) is 79.6 cm³/mol. The van der Waals surface area contributed by atoms with Crippen molar-refractivity contribution >= 4 is 29.4 Å². The Kier molecular flexibility index (Phi) is 5.16. The summed E-state index contributed by atoms with van der Waals surface area (Å²) < 4.78 is 4.82. The minimum Gasteiger partial charge on any atom is -0.466 e. The van der Waals surface area contributed by atoms with Gasteiger partial charge in [0, 0.05) is 11.6 Å². The van der Waals surface area contributed by atoms with Crippen LogP contribution in [0.3, 0.4) is 0 Å². The third-order valence-corrected chi connectivity index (χ3v) is 3.93. The van der Waals surface area contributed by atoms with Gasteiger partial charge in [0.15, 0.2) is 5.78 Å². The fourth-order valence-corrected chi connectivity index (χ4v) is 2.85. The quantitative estimate of drug-likeness (QED) is 0.511. The van der Waals surface area contributed by atoms with Crippen LogP contribution in [0.1, 0.15) is 23.7 Å². The molecule has 110 valence electrons. The van der Waals surface area contributed by atoms with Crippen molar-refractivity contribution in [3.8, 4) is 0 Å². The number of nitrogens with one attached hydrogen (secondary N) is 1. The van der Waals surface area contributed by atoms with Crippen LogP contribution in [0.4, 0.5) is 0 Å². The molecule has 1 aliphatic heterocycles. The van der Waals surface area contributed by atoms with Crippen LogP contribution in [-0.4, -0.2) is 29.5 Å². The lowest BCUT2D eigenvalue weighted by molar-refractivity contribution is -0.144. The van der Waals surface area contributed by atoms with E-state index < -0.39 is 11.2 Å². The lowest BCUT2D eigenvalue weighted by atomic mass is 10.1. The second kappa shape index (κ2) is 7.08. The fourth-order valence-electron chi connectivity index (χ4n) is 1.82. The van der Waals surface area contributed by atoms with Crippen LogP contribution in [-0.2, 0) is 14.3 Å². The van der Waals surface area contributed by atoms with Gasteiger partial charge in [-0.3, -0.25) is 14.4 Å². The summed E-state index contributed by atoms with van der Waals surface area (Å²) >= 11 is 1.17. The molecule has 1 aromatic carbocycles. The van der Waals surface area contributed by atoms with Gasteiger partial charge in [-0.25, -0.2) is 0 Å². The summed E-state index contributed by atoms with van der Waals surface area (Å²) in [6, 6.07) is 8.78. The molecule has 1 saturated heterocycles. The van der Waals surface area contributed by atoms with E-state index in [9.17, 15) is 14.4 Å². The highest BCUT2D eigenvalue weighted by Crippen LogP contribution is 2.29. The van der Waals surface area contributed by atoms with E-state index in [1.54, 1.807) is 31.2 Å². The number of hydrogen-bond acceptors (Lipinski definition) is 5. The Morgan fingerprint density at radius 2 is 2.05 bits per heavy atom. The minimum atomic E-state index is -0.543. The second-order valence-electron chi connectivity index (χ2n) is 4.34. The molecule has 0 bridgehead atoms. The van der Waals surface area contributed by atoms with Gasteiger partial charge in [-0.2, -0.15) is 0 Å². The fraction of sp³-hybridized carbons (Fsp3) is 0.267. The average molecular weight is 305 g/mol. The zero-order valence-electron chi connectivity index (χ0n) is 11.5. The summed E-state index contributed by atoms with van der Waals surface area (Å²) in [6.07, 6.45) is 1.38. The average Bonchev–Trinajstić information content (AvgIpc) is 2.80. The van der Waals surface area contributed by atoms with Crippen molar-refractivity contribution < 1.29 is 19.1 Å². The van der Waals surface area contributed by atoms with E-state index >= 15 is 0 Å². The minimum absolute atomic E-state index is 0.00120. The largest absolute Gasteiger partial charge is 0.466 e. The highest BCUT2D eigenvalue weighted by atomic mass is 32.2. The summed E-state index contributed by atoms with van der Waals surface area (Å²) in [5.41, 5.74) is 0.550. The first-order valence-electron chi connectivity index (χ1n) is 6.54. The van der Waals surface area contributed by atoms with Crippen molar-refractivity contribution in [1.29, 1.82) is 0 Å². The van der Waals surface area contributed by atoms with E-state index in [2.05, 4.69) is 5.32 Å². The molecule has 1 atom stereocenters. The molecule has 1 fully saturated rings. The molecule has 1 N–H and O–H groups in total. The van der Waals surface area contributed by atoms with E-state index in [1.165, 1.54) is 17.8 Å². The molecule has 1 aliphatic rings. The number of benzene rings is 1. The standard InChI is InChI=1S/C15H15NO4S/c1-2-20-14(18)9-12-15(19)16-13(21-12)8-11(17)10-6-4-3-5-7-10/h3-8,12H,2,9H2,1H3,(H,16,19)/b13-8-. The summed E-state index contributed by atoms with van der Waals surface area (Å²) in [5, 5.41) is 2.53. The number of carbonyl (C=O) groups excluding carboxylic acids is 3. The molecular weight excluding hydrogens is 290 g/mol. The summed E-state index contributed by atoms with van der Waals surface area (Å²) in [7, 11) is 0. The number of amides is 1. The Morgan fingerprint density at radius 1 is 1.33 bits per heavy atom. The molecule has 21 heavy (non-hydrogen) atoms. The molecule has 5 nitrogen and oxygen atoms in total. The van der Waals surface area contributed by atoms with Crippen molar-refractivity contribution in [3.05, 3.63) is 47.0 Å². The van der Waals surface area contributed by atoms with Gasteiger partial charge in [0.2, 0.25) is 5.91 Å². The molecule has 1 unspecified atom stereocenters. The zero-order chi connectivity index (χ0) is 15.2. The lowest BCUT2D eigenvalue weighted by Crippen LogP contribution is -2.25. The molecule has 1 heterocycles. The van der Waals surface area contributed by atoms with E-state index in [4.69, 9.17) is 4.74 Å². The van der Waals surface area contributed by atoms with Gasteiger partial charge in [0.1, 0.15) is 5.25 Å². The molecule has 0 aromatic heterocycles. The van der Waals surface area contributed by atoms with Gasteiger partial charge < -0.3 is 10.1 Å². The van der Waals surface area contributed by atoms with Crippen LogP contribution in [0.15, 0.2) is 41.4 Å². The van der Waals surface area contributed by atoms with Crippen LogP contribution in [0.2, 0.25) is 0 Å². The van der Waals surface area contributed by atoms with Crippen LogP contribution in [0.25, 0.3) is 0 Å². The van der Waals surface area contributed by atoms with Crippen LogP contribution >= 0.6 is 11.8 Å². The molecule has 2 rings (SSSR count). The van der Waals surface area contributed by atoms with Crippen molar-refractivity contribution in [3.63, 3.8) is 0 Å². The number of esters is 1. The SMILES string of the molecule is CCOC(=O)CC1S/C(=C\C(=O)c2ccccc2)NC1=O. The molecule has 1 amide bonds. The van der Waals surface area contributed by atoms with Crippen LogP contribution in [0.5, 0.6) is 0 Å². The maximum absolute atomic E-state index is 12.0. The van der Waals surface area contributed by atoms with E-state index in [0.717, 1.165) is 0 Å². The van der Waals surface area contributed by atoms with E-state index in [-0.39, 0.29) is 24.7 Å². The monoisotopic (exact) mass is 305 g/mol. The highest BCUT2D eigenvalue weighted by molar-refractivity contribution is 8.04. The number of rotatable bonds is 5. The Balaban J connectivity index is 2.00. The van der Waals surface area contributed by atoms with Crippen molar-refractivity contribution in [1.82, 2.24) is 5.32 Å². The number of hydrogen-bond donors (Lipinski definition) is 1. The van der Waals surface area contributed by atoms with E-state index in [0.29, 0.717) is 10.6 Å². The first-order valence-corrected chi connectivity index (χ1v) is 7.42. The molecule has 6 heteroatoms. The summed E-state index contributed by atoms with van der Waals surface area (Å²) in [4.78, 5) is 35.1. The Bertz CT molecular complexity index is 583. The predicted octanol–water partition coefficient (Wildman–Crippen LogP) is 1.90. The van der Waals surface area contributed by atoms with Gasteiger partial charge in [0.05, 0.1) is 18.1 Å². The van der Waals surface area contributed by atoms with Crippen molar-refractivity contribution in [2.45, 2.75) is 18.6 Å². The zero-order valence-corrected chi connectivity index (χ0v) is 12.3. The third-order valence-electron chi connectivity index (χ3n) is 2.79. The molecule has 0 radical (unpaired) electrons. The maximum atomic E-state index is 12.0. The smallest absolute Gasteiger partial charge is 0.307 e. The second-order valence-corrected chi connectivity index (χ2v) is 5.59. The van der Waals surface area contributed by atoms with Gasteiger partial charge in [0.25, 0.3) is 0 Å². The molecule has 0 aliphatic carbocycles. The number of allylic oxidation sites excluding steroid dienone is 1. The topological polar surface area (TPSA) is 72.5 Å². The summed E-state index contributed by atoms with van der Waals surface area (Å²) in [6.45, 7) is 2.00. The maximum Gasteiger partial charge on any atom is 0.307 e. The Morgan fingerprint density at radius 3 is 2.71 bits per heavy atom. The van der Waals surface area contributed by atoms with Crippen molar-refractivity contribution in [2.75, 3.05) is 6.61 Å². The lowest BCUT2D eigenvalue weighted by Gasteiger charge is -2.04. The normalized spacial score (nSPS) is 19.4. The molecule has 1 aromatic rings. The van der Waals surface area contributed by atoms with Crippen LogP contribution < -0.4 is 5.32 Å². The van der Waals surface area contributed by atoms with Crippen molar-refractivity contribution in [2.24, 2.45) is 0 Å². The molecular formula is C15H15NO4S. The highest BCUT2D eigenvalue weighted by Gasteiger charge is 2.31. The Labute approximate surface area is 126 Å². The summed E-state index contributed by atoms with van der Waals surface area (Å²) in [5.74, 6) is -0.879. The number of ether oxygens (including phenoxy) is 1. The van der Waals surface area contributed by atoms with E-state index in [1.807, 2.05) is 6.07 Å². The number of carbonyl (C=O) groups is 3. The Hall–Kier alpha value is -2.08. The first kappa shape index (κ1) is 15.3. The molecule has 0 saturated carbocycles.